The minimum absolute atomic E-state index is 0.00990. The number of rotatable bonds is 5. The fourth-order valence-corrected chi connectivity index (χ4v) is 4.24. The molecule has 0 aliphatic heterocycles. The van der Waals surface area contributed by atoms with E-state index in [0.717, 1.165) is 23.2 Å². The van der Waals surface area contributed by atoms with Gasteiger partial charge in [0.05, 0.1) is 0 Å². The van der Waals surface area contributed by atoms with Crippen molar-refractivity contribution in [1.29, 1.82) is 0 Å². The van der Waals surface area contributed by atoms with Gasteiger partial charge in [-0.05, 0) is 47.9 Å². The van der Waals surface area contributed by atoms with Gasteiger partial charge in [-0.3, -0.25) is 4.79 Å². The minimum Gasteiger partial charge on any atom is -0.341 e. The smallest absolute Gasteiger partial charge is 0.185 e. The van der Waals surface area contributed by atoms with Crippen molar-refractivity contribution >= 4 is 33.7 Å². The Bertz CT molecular complexity index is 1410. The van der Waals surface area contributed by atoms with E-state index < -0.39 is 0 Å². The van der Waals surface area contributed by atoms with Gasteiger partial charge in [-0.1, -0.05) is 84.9 Å². The van der Waals surface area contributed by atoms with Crippen molar-refractivity contribution in [3.63, 3.8) is 0 Å². The van der Waals surface area contributed by atoms with Crippen molar-refractivity contribution in [3.05, 3.63) is 114 Å². The molecule has 0 bridgehead atoms. The molecule has 0 atom stereocenters. The number of nitrogens with zero attached hydrogens (tertiary/aromatic N) is 1. The zero-order valence-corrected chi connectivity index (χ0v) is 17.5. The number of hydrogen-bond acceptors (Lipinski definition) is 1. The quantitative estimate of drug-likeness (QED) is 0.222. The molecule has 5 rings (SSSR count). The second kappa shape index (κ2) is 8.08. The van der Waals surface area contributed by atoms with E-state index in [4.69, 9.17) is 0 Å². The number of hydrogen-bond donors (Lipinski definition) is 0. The van der Waals surface area contributed by atoms with E-state index >= 15 is 0 Å². The largest absolute Gasteiger partial charge is 0.341 e. The molecule has 0 fully saturated rings. The lowest BCUT2D eigenvalue weighted by molar-refractivity contribution is 0.104. The monoisotopic (exact) mass is 401 g/mol. The third-order valence-electron chi connectivity index (χ3n) is 5.82. The van der Waals surface area contributed by atoms with Crippen LogP contribution in [0.25, 0.3) is 39.0 Å². The maximum atomic E-state index is 12.7. The Morgan fingerprint density at radius 3 is 2.19 bits per heavy atom. The Hall–Kier alpha value is -3.91. The standard InChI is InChI=1S/C29H23NO/c1-2-30-27-11-7-6-10-25(27)26-20-21(12-18-28(26)30)13-19-29(31)24-16-14-23(15-17-24)22-8-4-3-5-9-22/h3-20H,2H2,1H3. The van der Waals surface area contributed by atoms with Crippen LogP contribution in [0.5, 0.6) is 0 Å². The molecular weight excluding hydrogens is 378 g/mol. The highest BCUT2D eigenvalue weighted by atomic mass is 16.1. The Kier molecular flexibility index (Phi) is 4.97. The molecule has 0 radical (unpaired) electrons. The number of aromatic nitrogens is 1. The van der Waals surface area contributed by atoms with Crippen LogP contribution >= 0.6 is 0 Å². The van der Waals surface area contributed by atoms with Gasteiger partial charge in [0.2, 0.25) is 0 Å². The molecule has 0 N–H and O–H groups in total. The van der Waals surface area contributed by atoms with Crippen molar-refractivity contribution in [1.82, 2.24) is 4.57 Å². The van der Waals surface area contributed by atoms with Crippen LogP contribution in [0.1, 0.15) is 22.8 Å². The van der Waals surface area contributed by atoms with Gasteiger partial charge in [0.25, 0.3) is 0 Å². The Balaban J connectivity index is 1.42. The Morgan fingerprint density at radius 2 is 1.42 bits per heavy atom. The predicted molar refractivity (Wildman–Crippen MR) is 130 cm³/mol. The number of aryl methyl sites for hydroxylation is 1. The molecule has 0 saturated heterocycles. The number of ketones is 1. The van der Waals surface area contributed by atoms with Gasteiger partial charge >= 0.3 is 0 Å². The molecule has 0 aliphatic carbocycles. The summed E-state index contributed by atoms with van der Waals surface area (Å²) in [5, 5.41) is 2.47. The van der Waals surface area contributed by atoms with E-state index in [1.54, 1.807) is 6.08 Å². The molecule has 0 saturated carbocycles. The number of benzene rings is 4. The first-order valence-electron chi connectivity index (χ1n) is 10.6. The van der Waals surface area contributed by atoms with Crippen LogP contribution in [0, 0.1) is 0 Å². The van der Waals surface area contributed by atoms with E-state index in [1.165, 1.54) is 21.8 Å². The third kappa shape index (κ3) is 3.57. The van der Waals surface area contributed by atoms with Gasteiger partial charge in [-0.25, -0.2) is 0 Å². The molecular formula is C29H23NO. The molecule has 1 heterocycles. The first-order valence-corrected chi connectivity index (χ1v) is 10.6. The van der Waals surface area contributed by atoms with Crippen molar-refractivity contribution < 1.29 is 4.79 Å². The first kappa shape index (κ1) is 19.1. The van der Waals surface area contributed by atoms with Gasteiger partial charge in [0.15, 0.2) is 5.78 Å². The summed E-state index contributed by atoms with van der Waals surface area (Å²) < 4.78 is 2.33. The van der Waals surface area contributed by atoms with E-state index in [-0.39, 0.29) is 5.78 Å². The Morgan fingerprint density at radius 1 is 0.742 bits per heavy atom. The van der Waals surface area contributed by atoms with Crippen molar-refractivity contribution in [3.8, 4) is 11.1 Å². The maximum Gasteiger partial charge on any atom is 0.185 e. The molecule has 5 aromatic rings. The van der Waals surface area contributed by atoms with Crippen LogP contribution < -0.4 is 0 Å². The lowest BCUT2D eigenvalue weighted by Gasteiger charge is -2.03. The second-order valence-corrected chi connectivity index (χ2v) is 7.68. The molecule has 2 heteroatoms. The van der Waals surface area contributed by atoms with Gasteiger partial charge in [-0.2, -0.15) is 0 Å². The summed E-state index contributed by atoms with van der Waals surface area (Å²) in [6, 6.07) is 32.9. The number of fused-ring (bicyclic) bond motifs is 3. The van der Waals surface area contributed by atoms with E-state index in [2.05, 4.69) is 66.1 Å². The van der Waals surface area contributed by atoms with Crippen LogP contribution in [0.4, 0.5) is 0 Å². The fourth-order valence-electron chi connectivity index (χ4n) is 4.24. The summed E-state index contributed by atoms with van der Waals surface area (Å²) in [4.78, 5) is 12.7. The summed E-state index contributed by atoms with van der Waals surface area (Å²) in [7, 11) is 0. The molecule has 150 valence electrons. The van der Waals surface area contributed by atoms with E-state index in [0.29, 0.717) is 5.56 Å². The highest BCUT2D eigenvalue weighted by molar-refractivity contribution is 6.10. The predicted octanol–water partition coefficient (Wildman–Crippen LogP) is 7.38. The van der Waals surface area contributed by atoms with Crippen LogP contribution in [-0.2, 0) is 6.54 Å². The van der Waals surface area contributed by atoms with Crippen LogP contribution in [0.3, 0.4) is 0 Å². The molecule has 1 aromatic heterocycles. The van der Waals surface area contributed by atoms with Crippen molar-refractivity contribution in [2.75, 3.05) is 0 Å². The normalized spacial score (nSPS) is 11.5. The van der Waals surface area contributed by atoms with Gasteiger partial charge in [0.1, 0.15) is 0 Å². The Labute approximate surface area is 182 Å². The summed E-state index contributed by atoms with van der Waals surface area (Å²) >= 11 is 0. The third-order valence-corrected chi connectivity index (χ3v) is 5.82. The molecule has 0 amide bonds. The summed E-state index contributed by atoms with van der Waals surface area (Å²) in [6.07, 6.45) is 3.57. The first-order chi connectivity index (χ1) is 15.2. The number of carbonyl (C=O) groups is 1. The van der Waals surface area contributed by atoms with Crippen LogP contribution in [0.15, 0.2) is 103 Å². The molecule has 0 unspecified atom stereocenters. The molecule has 0 aliphatic rings. The van der Waals surface area contributed by atoms with Crippen LogP contribution in [0.2, 0.25) is 0 Å². The number of para-hydroxylation sites is 1. The second-order valence-electron chi connectivity index (χ2n) is 7.68. The van der Waals surface area contributed by atoms with Crippen molar-refractivity contribution in [2.45, 2.75) is 13.5 Å². The minimum atomic E-state index is 0.00990. The summed E-state index contributed by atoms with van der Waals surface area (Å²) in [6.45, 7) is 3.10. The number of carbonyl (C=O) groups excluding carboxylic acids is 1. The number of allylic oxidation sites excluding steroid dienone is 1. The molecule has 4 aromatic carbocycles. The topological polar surface area (TPSA) is 22.0 Å². The summed E-state index contributed by atoms with van der Waals surface area (Å²) in [5.74, 6) is 0.00990. The summed E-state index contributed by atoms with van der Waals surface area (Å²) in [5.41, 5.74) is 6.45. The maximum absolute atomic E-state index is 12.7. The molecule has 2 nitrogen and oxygen atoms in total. The van der Waals surface area contributed by atoms with Gasteiger partial charge < -0.3 is 4.57 Å². The zero-order chi connectivity index (χ0) is 21.2. The lowest BCUT2D eigenvalue weighted by Crippen LogP contribution is -1.94. The van der Waals surface area contributed by atoms with E-state index in [9.17, 15) is 4.79 Å². The molecule has 31 heavy (non-hydrogen) atoms. The van der Waals surface area contributed by atoms with Crippen molar-refractivity contribution in [2.24, 2.45) is 0 Å². The SMILES string of the molecule is CCn1c2ccccc2c2cc(C=CC(=O)c3ccc(-c4ccccc4)cc3)ccc21. The zero-order valence-electron chi connectivity index (χ0n) is 17.5. The van der Waals surface area contributed by atoms with Crippen LogP contribution in [-0.4, -0.2) is 10.4 Å². The average molecular weight is 402 g/mol. The molecule has 0 spiro atoms. The highest BCUT2D eigenvalue weighted by Gasteiger charge is 2.09. The van der Waals surface area contributed by atoms with E-state index in [1.807, 2.05) is 48.5 Å². The lowest BCUT2D eigenvalue weighted by atomic mass is 10.0. The fraction of sp³-hybridized carbons (Fsp3) is 0.0690. The van der Waals surface area contributed by atoms with Gasteiger partial charge in [-0.15, -0.1) is 0 Å². The average Bonchev–Trinajstić information content (AvgIpc) is 3.16. The highest BCUT2D eigenvalue weighted by Crippen LogP contribution is 2.30. The van der Waals surface area contributed by atoms with Gasteiger partial charge in [0, 0.05) is 33.9 Å².